The summed E-state index contributed by atoms with van der Waals surface area (Å²) in [7, 11) is 0. The van der Waals surface area contributed by atoms with E-state index in [1.807, 2.05) is 31.2 Å². The van der Waals surface area contributed by atoms with Gasteiger partial charge in [0.2, 0.25) is 0 Å². The highest BCUT2D eigenvalue weighted by molar-refractivity contribution is 6.33. The number of aryl methyl sites for hydroxylation is 1. The van der Waals surface area contributed by atoms with E-state index in [4.69, 9.17) is 0 Å². The Hall–Kier alpha value is -3.88. The number of hydrogen-bond donors (Lipinski definition) is 2. The summed E-state index contributed by atoms with van der Waals surface area (Å²) < 4.78 is 0. The Bertz CT molecular complexity index is 1290. The van der Waals surface area contributed by atoms with Gasteiger partial charge in [0.15, 0.2) is 0 Å². The zero-order valence-corrected chi connectivity index (χ0v) is 17.7. The molecular formula is C25H20N2O6. The maximum atomic E-state index is 13.3. The molecule has 0 aliphatic carbocycles. The predicted molar refractivity (Wildman–Crippen MR) is 118 cm³/mol. The van der Waals surface area contributed by atoms with Crippen LogP contribution in [0.5, 0.6) is 0 Å². The van der Waals surface area contributed by atoms with Crippen molar-refractivity contribution in [3.05, 3.63) is 81.9 Å². The van der Waals surface area contributed by atoms with Crippen LogP contribution in [0.1, 0.15) is 52.6 Å². The van der Waals surface area contributed by atoms with Crippen LogP contribution < -0.4 is 0 Å². The second-order valence-corrected chi connectivity index (χ2v) is 8.25. The first-order valence-corrected chi connectivity index (χ1v) is 10.5. The zero-order valence-electron chi connectivity index (χ0n) is 17.7. The molecule has 33 heavy (non-hydrogen) atoms. The summed E-state index contributed by atoms with van der Waals surface area (Å²) in [6, 6.07) is 12.3. The summed E-state index contributed by atoms with van der Waals surface area (Å²) in [5.41, 5.74) is 2.64. The summed E-state index contributed by atoms with van der Waals surface area (Å²) in [5, 5.41) is 19.6. The van der Waals surface area contributed by atoms with Gasteiger partial charge in [-0.15, -0.1) is 0 Å². The predicted octanol–water partition coefficient (Wildman–Crippen LogP) is 1.89. The van der Waals surface area contributed by atoms with Gasteiger partial charge in [0.25, 0.3) is 23.6 Å². The van der Waals surface area contributed by atoms with E-state index >= 15 is 0 Å². The van der Waals surface area contributed by atoms with Crippen LogP contribution in [0.15, 0.2) is 48.5 Å². The van der Waals surface area contributed by atoms with Crippen molar-refractivity contribution in [2.24, 2.45) is 0 Å². The molecule has 3 aromatic rings. The Morgan fingerprint density at radius 2 is 1.09 bits per heavy atom. The molecule has 166 valence electrons. The van der Waals surface area contributed by atoms with Gasteiger partial charge in [-0.2, -0.15) is 0 Å². The van der Waals surface area contributed by atoms with Crippen molar-refractivity contribution in [1.82, 2.24) is 9.80 Å². The number of hydrogen-bond acceptors (Lipinski definition) is 6. The van der Waals surface area contributed by atoms with Crippen LogP contribution in [0.2, 0.25) is 0 Å². The van der Waals surface area contributed by atoms with E-state index in [1.54, 1.807) is 0 Å². The number of aliphatic hydroxyl groups excluding tert-OH is 2. The zero-order chi connectivity index (χ0) is 23.4. The molecule has 0 unspecified atom stereocenters. The molecule has 0 aromatic heterocycles. The highest BCUT2D eigenvalue weighted by atomic mass is 16.3. The molecule has 2 aliphatic rings. The number of rotatable bonds is 5. The molecule has 8 nitrogen and oxygen atoms in total. The van der Waals surface area contributed by atoms with Crippen LogP contribution in [0, 0.1) is 6.92 Å². The number of amides is 4. The van der Waals surface area contributed by atoms with Crippen LogP contribution in [0.25, 0.3) is 10.8 Å². The minimum atomic E-state index is -1.09. The van der Waals surface area contributed by atoms with E-state index in [-0.39, 0.29) is 39.6 Å². The Kier molecular flexibility index (Phi) is 4.84. The number of aliphatic hydroxyl groups is 2. The maximum absolute atomic E-state index is 13.3. The summed E-state index contributed by atoms with van der Waals surface area (Å²) in [5.74, 6) is -2.37. The van der Waals surface area contributed by atoms with Crippen molar-refractivity contribution in [1.29, 1.82) is 0 Å². The van der Waals surface area contributed by atoms with Crippen LogP contribution in [-0.2, 0) is 6.54 Å². The molecule has 0 atom stereocenters. The number of imide groups is 2. The highest BCUT2D eigenvalue weighted by Crippen LogP contribution is 2.38. The molecule has 8 heteroatoms. The van der Waals surface area contributed by atoms with Gasteiger partial charge in [0.05, 0.1) is 25.8 Å². The fourth-order valence-corrected chi connectivity index (χ4v) is 4.52. The summed E-state index contributed by atoms with van der Waals surface area (Å²) in [6.07, 6.45) is 0. The summed E-state index contributed by atoms with van der Waals surface area (Å²) >= 11 is 0. The highest BCUT2D eigenvalue weighted by Gasteiger charge is 2.41. The van der Waals surface area contributed by atoms with Gasteiger partial charge >= 0.3 is 0 Å². The molecule has 0 bridgehead atoms. The average Bonchev–Trinajstić information content (AvgIpc) is 2.82. The van der Waals surface area contributed by atoms with Gasteiger partial charge < -0.3 is 10.2 Å². The third-order valence-corrected chi connectivity index (χ3v) is 6.26. The van der Waals surface area contributed by atoms with Crippen LogP contribution in [0.4, 0.5) is 0 Å². The van der Waals surface area contributed by atoms with Crippen LogP contribution >= 0.6 is 0 Å². The SMILES string of the molecule is Cc1ccc(CN2C(=O)c3ccc4c5c(ccc(c35)C2=O)C(=O)N(C(CO)CO)C4=O)cc1. The second kappa shape index (κ2) is 7.61. The van der Waals surface area contributed by atoms with Crippen LogP contribution in [0.3, 0.4) is 0 Å². The summed E-state index contributed by atoms with van der Waals surface area (Å²) in [4.78, 5) is 54.8. The van der Waals surface area contributed by atoms with Crippen molar-refractivity contribution >= 4 is 34.4 Å². The minimum Gasteiger partial charge on any atom is -0.394 e. The van der Waals surface area contributed by atoms with E-state index in [0.29, 0.717) is 0 Å². The summed E-state index contributed by atoms with van der Waals surface area (Å²) in [6.45, 7) is 0.869. The van der Waals surface area contributed by atoms with Crippen molar-refractivity contribution < 1.29 is 29.4 Å². The molecule has 0 saturated carbocycles. The molecule has 4 amide bonds. The van der Waals surface area contributed by atoms with Gasteiger partial charge in [-0.3, -0.25) is 29.0 Å². The molecule has 5 rings (SSSR count). The first-order chi connectivity index (χ1) is 15.9. The lowest BCUT2D eigenvalue weighted by atomic mass is 9.85. The van der Waals surface area contributed by atoms with Gasteiger partial charge in [-0.25, -0.2) is 0 Å². The lowest BCUT2D eigenvalue weighted by Gasteiger charge is -2.34. The van der Waals surface area contributed by atoms with Gasteiger partial charge in [0, 0.05) is 33.0 Å². The molecule has 0 saturated heterocycles. The third-order valence-electron chi connectivity index (χ3n) is 6.26. The Morgan fingerprint density at radius 1 is 0.667 bits per heavy atom. The first-order valence-electron chi connectivity index (χ1n) is 10.5. The molecule has 0 radical (unpaired) electrons. The van der Waals surface area contributed by atoms with Crippen LogP contribution in [-0.4, -0.2) is 62.9 Å². The topological polar surface area (TPSA) is 115 Å². The first kappa shape index (κ1) is 21.0. The minimum absolute atomic E-state index is 0.0999. The molecular weight excluding hydrogens is 424 g/mol. The molecule has 2 aliphatic heterocycles. The largest absolute Gasteiger partial charge is 0.394 e. The molecule has 2 N–H and O–H groups in total. The van der Waals surface area contributed by atoms with Gasteiger partial charge in [-0.05, 0) is 36.8 Å². The third kappa shape index (κ3) is 2.99. The Morgan fingerprint density at radius 3 is 1.52 bits per heavy atom. The van der Waals surface area contributed by atoms with Crippen molar-refractivity contribution in [2.75, 3.05) is 13.2 Å². The van der Waals surface area contributed by atoms with Crippen molar-refractivity contribution in [3.8, 4) is 0 Å². The molecule has 0 fully saturated rings. The molecule has 2 heterocycles. The van der Waals surface area contributed by atoms with E-state index in [9.17, 15) is 29.4 Å². The van der Waals surface area contributed by atoms with E-state index in [0.717, 1.165) is 20.9 Å². The van der Waals surface area contributed by atoms with Crippen molar-refractivity contribution in [2.45, 2.75) is 19.5 Å². The van der Waals surface area contributed by atoms with Crippen molar-refractivity contribution in [3.63, 3.8) is 0 Å². The number of carbonyl (C=O) groups is 4. The normalized spacial score (nSPS) is 15.3. The quantitative estimate of drug-likeness (QED) is 0.581. The number of benzene rings is 3. The van der Waals surface area contributed by atoms with E-state index in [2.05, 4.69) is 0 Å². The standard InChI is InChI=1S/C25H20N2O6/c1-13-2-4-14(5-3-13)10-26-22(30)16-6-8-18-21-19(9-7-17(20(16)21)23(26)31)25(33)27(24(18)32)15(11-28)12-29/h2-9,15,28-29H,10-12H2,1H3. The number of carbonyl (C=O) groups excluding carboxylic acids is 4. The lowest BCUT2D eigenvalue weighted by Crippen LogP contribution is -2.50. The maximum Gasteiger partial charge on any atom is 0.261 e. The second-order valence-electron chi connectivity index (χ2n) is 8.25. The van der Waals surface area contributed by atoms with E-state index < -0.39 is 42.9 Å². The fourth-order valence-electron chi connectivity index (χ4n) is 4.52. The molecule has 0 spiro atoms. The Labute approximate surface area is 188 Å². The van der Waals surface area contributed by atoms with E-state index in [1.165, 1.54) is 24.3 Å². The molecule has 3 aromatic carbocycles. The monoisotopic (exact) mass is 444 g/mol. The smallest absolute Gasteiger partial charge is 0.261 e. The van der Waals surface area contributed by atoms with Gasteiger partial charge in [0.1, 0.15) is 0 Å². The number of nitrogens with zero attached hydrogens (tertiary/aromatic N) is 2. The van der Waals surface area contributed by atoms with Gasteiger partial charge in [-0.1, -0.05) is 29.8 Å². The fraction of sp³-hybridized carbons (Fsp3) is 0.200. The Balaban J connectivity index is 1.65. The lowest BCUT2D eigenvalue weighted by molar-refractivity contribution is 0.0374. The average molecular weight is 444 g/mol.